The van der Waals surface area contributed by atoms with Gasteiger partial charge in [0, 0.05) is 7.11 Å². The highest BCUT2D eigenvalue weighted by Gasteiger charge is 2.45. The van der Waals surface area contributed by atoms with Crippen molar-refractivity contribution in [3.63, 3.8) is 0 Å². The highest BCUT2D eigenvalue weighted by Crippen LogP contribution is 2.46. The van der Waals surface area contributed by atoms with Crippen LogP contribution in [0.25, 0.3) is 0 Å². The van der Waals surface area contributed by atoms with Crippen molar-refractivity contribution in [3.05, 3.63) is 0 Å². The van der Waals surface area contributed by atoms with E-state index in [1.165, 1.54) is 7.11 Å². The van der Waals surface area contributed by atoms with Gasteiger partial charge in [0.15, 0.2) is 0 Å². The Kier molecular flexibility index (Phi) is 4.74. The highest BCUT2D eigenvalue weighted by atomic mass is 16.5. The molecule has 1 aliphatic rings. The molecule has 3 atom stereocenters. The van der Waals surface area contributed by atoms with Gasteiger partial charge in [-0.25, -0.2) is 0 Å². The lowest BCUT2D eigenvalue weighted by Gasteiger charge is -2.26. The van der Waals surface area contributed by atoms with Gasteiger partial charge in [0.05, 0.1) is 18.1 Å². The van der Waals surface area contributed by atoms with Gasteiger partial charge in [0.1, 0.15) is 0 Å². The summed E-state index contributed by atoms with van der Waals surface area (Å²) in [4.78, 5) is 11.4. The fourth-order valence-electron chi connectivity index (χ4n) is 2.75. The molecule has 16 heavy (non-hydrogen) atoms. The Balaban J connectivity index is 2.64. The topological polar surface area (TPSA) is 66.8 Å². The number of carboxylic acid groups (broad SMARTS) is 1. The SMILES string of the molecule is CCC1CCC(CC(O)COC)(C(=O)O)C1. The van der Waals surface area contributed by atoms with Crippen molar-refractivity contribution in [2.24, 2.45) is 11.3 Å². The maximum atomic E-state index is 11.4. The molecule has 0 radical (unpaired) electrons. The number of aliphatic carboxylic acids is 1. The number of aliphatic hydroxyl groups is 1. The van der Waals surface area contributed by atoms with Crippen molar-refractivity contribution in [2.75, 3.05) is 13.7 Å². The number of carbonyl (C=O) groups is 1. The van der Waals surface area contributed by atoms with Gasteiger partial charge in [-0.05, 0) is 31.6 Å². The fourth-order valence-corrected chi connectivity index (χ4v) is 2.75. The van der Waals surface area contributed by atoms with Crippen LogP contribution in [0.15, 0.2) is 0 Å². The maximum absolute atomic E-state index is 11.4. The normalized spacial score (nSPS) is 31.6. The first-order valence-electron chi connectivity index (χ1n) is 5.94. The van der Waals surface area contributed by atoms with Crippen LogP contribution in [-0.2, 0) is 9.53 Å². The number of methoxy groups -OCH3 is 1. The predicted octanol–water partition coefficient (Wildman–Crippen LogP) is 1.66. The van der Waals surface area contributed by atoms with Gasteiger partial charge in [-0.2, -0.15) is 0 Å². The highest BCUT2D eigenvalue weighted by molar-refractivity contribution is 5.75. The molecule has 1 aliphatic carbocycles. The Morgan fingerprint density at radius 1 is 1.62 bits per heavy atom. The molecular weight excluding hydrogens is 208 g/mol. The molecule has 0 aromatic heterocycles. The number of hydrogen-bond donors (Lipinski definition) is 2. The molecule has 0 spiro atoms. The van der Waals surface area contributed by atoms with Crippen LogP contribution < -0.4 is 0 Å². The van der Waals surface area contributed by atoms with E-state index in [4.69, 9.17) is 4.74 Å². The monoisotopic (exact) mass is 230 g/mol. The molecule has 0 amide bonds. The molecule has 4 heteroatoms. The number of hydrogen-bond acceptors (Lipinski definition) is 3. The molecule has 1 rings (SSSR count). The van der Waals surface area contributed by atoms with Gasteiger partial charge >= 0.3 is 5.97 Å². The third-order valence-electron chi connectivity index (χ3n) is 3.73. The van der Waals surface area contributed by atoms with Crippen LogP contribution in [0, 0.1) is 11.3 Å². The Labute approximate surface area is 96.6 Å². The minimum Gasteiger partial charge on any atom is -0.481 e. The fraction of sp³-hybridized carbons (Fsp3) is 0.917. The van der Waals surface area contributed by atoms with Gasteiger partial charge in [-0.1, -0.05) is 13.3 Å². The number of carboxylic acids is 1. The predicted molar refractivity (Wildman–Crippen MR) is 60.2 cm³/mol. The van der Waals surface area contributed by atoms with Crippen molar-refractivity contribution in [1.29, 1.82) is 0 Å². The van der Waals surface area contributed by atoms with Gasteiger partial charge in [-0.15, -0.1) is 0 Å². The first kappa shape index (κ1) is 13.5. The van der Waals surface area contributed by atoms with Gasteiger partial charge in [-0.3, -0.25) is 4.79 Å². The second kappa shape index (κ2) is 5.64. The van der Waals surface area contributed by atoms with E-state index in [2.05, 4.69) is 6.92 Å². The molecule has 3 unspecified atom stereocenters. The second-order valence-corrected chi connectivity index (χ2v) is 4.92. The minimum atomic E-state index is -0.765. The Bertz CT molecular complexity index is 241. The molecule has 1 fully saturated rings. The summed E-state index contributed by atoms with van der Waals surface area (Å²) in [5.74, 6) is -0.274. The Morgan fingerprint density at radius 2 is 2.31 bits per heavy atom. The van der Waals surface area contributed by atoms with Crippen LogP contribution in [0.2, 0.25) is 0 Å². The molecule has 0 bridgehead atoms. The molecule has 0 heterocycles. The van der Waals surface area contributed by atoms with Crippen LogP contribution >= 0.6 is 0 Å². The summed E-state index contributed by atoms with van der Waals surface area (Å²) in [5, 5.41) is 19.0. The lowest BCUT2D eigenvalue weighted by atomic mass is 9.80. The molecule has 0 aromatic rings. The lowest BCUT2D eigenvalue weighted by molar-refractivity contribution is -0.151. The number of ether oxygens (including phenoxy) is 1. The number of aliphatic hydroxyl groups excluding tert-OH is 1. The summed E-state index contributed by atoms with van der Waals surface area (Å²) in [6.07, 6.45) is 3.00. The van der Waals surface area contributed by atoms with Crippen molar-refractivity contribution < 1.29 is 19.7 Å². The zero-order valence-corrected chi connectivity index (χ0v) is 10.1. The average Bonchev–Trinajstić information content (AvgIpc) is 2.63. The molecule has 0 aromatic carbocycles. The summed E-state index contributed by atoms with van der Waals surface area (Å²) in [6, 6.07) is 0. The quantitative estimate of drug-likeness (QED) is 0.728. The number of rotatable bonds is 6. The van der Waals surface area contributed by atoms with Crippen molar-refractivity contribution in [1.82, 2.24) is 0 Å². The zero-order valence-electron chi connectivity index (χ0n) is 10.1. The Morgan fingerprint density at radius 3 is 2.75 bits per heavy atom. The third-order valence-corrected chi connectivity index (χ3v) is 3.73. The van der Waals surface area contributed by atoms with Gasteiger partial charge < -0.3 is 14.9 Å². The molecule has 1 saturated carbocycles. The molecule has 4 nitrogen and oxygen atoms in total. The van der Waals surface area contributed by atoms with Crippen molar-refractivity contribution in [3.8, 4) is 0 Å². The maximum Gasteiger partial charge on any atom is 0.309 e. The Hall–Kier alpha value is -0.610. The third kappa shape index (κ3) is 2.95. The first-order valence-corrected chi connectivity index (χ1v) is 5.94. The van der Waals surface area contributed by atoms with Crippen LogP contribution in [0.5, 0.6) is 0 Å². The molecule has 0 aliphatic heterocycles. The molecule has 2 N–H and O–H groups in total. The van der Waals surface area contributed by atoms with E-state index in [1.807, 2.05) is 0 Å². The molecule has 94 valence electrons. The smallest absolute Gasteiger partial charge is 0.309 e. The lowest BCUT2D eigenvalue weighted by Crippen LogP contribution is -2.34. The van der Waals surface area contributed by atoms with Gasteiger partial charge in [0.2, 0.25) is 0 Å². The van der Waals surface area contributed by atoms with Crippen molar-refractivity contribution in [2.45, 2.75) is 45.1 Å². The zero-order chi connectivity index (χ0) is 12.2. The summed E-state index contributed by atoms with van der Waals surface area (Å²) in [6.45, 7) is 2.31. The van der Waals surface area contributed by atoms with E-state index in [-0.39, 0.29) is 6.61 Å². The molecule has 0 saturated heterocycles. The van der Waals surface area contributed by atoms with Crippen LogP contribution in [0.4, 0.5) is 0 Å². The molecular formula is C12H22O4. The van der Waals surface area contributed by atoms with Gasteiger partial charge in [0.25, 0.3) is 0 Å². The largest absolute Gasteiger partial charge is 0.481 e. The summed E-state index contributed by atoms with van der Waals surface area (Å²) in [5.41, 5.74) is -0.724. The summed E-state index contributed by atoms with van der Waals surface area (Å²) >= 11 is 0. The van der Waals surface area contributed by atoms with E-state index in [1.54, 1.807) is 0 Å². The van der Waals surface area contributed by atoms with E-state index in [0.717, 1.165) is 12.8 Å². The van der Waals surface area contributed by atoms with Crippen LogP contribution in [0.3, 0.4) is 0 Å². The minimum absolute atomic E-state index is 0.214. The van der Waals surface area contributed by atoms with E-state index in [0.29, 0.717) is 25.2 Å². The van der Waals surface area contributed by atoms with E-state index < -0.39 is 17.5 Å². The van der Waals surface area contributed by atoms with Crippen LogP contribution in [-0.4, -0.2) is 36.0 Å². The van der Waals surface area contributed by atoms with E-state index in [9.17, 15) is 15.0 Å². The van der Waals surface area contributed by atoms with E-state index >= 15 is 0 Å². The summed E-state index contributed by atoms with van der Waals surface area (Å²) in [7, 11) is 1.51. The van der Waals surface area contributed by atoms with Crippen molar-refractivity contribution >= 4 is 5.97 Å². The summed E-state index contributed by atoms with van der Waals surface area (Å²) < 4.78 is 4.85. The standard InChI is InChI=1S/C12H22O4/c1-3-9-4-5-12(6-9,11(14)15)7-10(13)8-16-2/h9-10,13H,3-8H2,1-2H3,(H,14,15). The second-order valence-electron chi connectivity index (χ2n) is 4.92. The average molecular weight is 230 g/mol. The first-order chi connectivity index (χ1) is 7.54. The van der Waals surface area contributed by atoms with Crippen LogP contribution in [0.1, 0.15) is 39.0 Å².